The van der Waals surface area contributed by atoms with Gasteiger partial charge >= 0.3 is 0 Å². The predicted octanol–water partition coefficient (Wildman–Crippen LogP) is 3.24. The first-order chi connectivity index (χ1) is 10.3. The summed E-state index contributed by atoms with van der Waals surface area (Å²) >= 11 is 0. The van der Waals surface area contributed by atoms with Crippen molar-refractivity contribution in [2.24, 2.45) is 5.29 Å². The van der Waals surface area contributed by atoms with Gasteiger partial charge in [0.1, 0.15) is 11.5 Å². The summed E-state index contributed by atoms with van der Waals surface area (Å²) in [6.45, 7) is 1.21. The van der Waals surface area contributed by atoms with Crippen molar-refractivity contribution in [3.05, 3.63) is 58.5 Å². The molecule has 2 aliphatic rings. The van der Waals surface area contributed by atoms with Crippen molar-refractivity contribution in [2.75, 3.05) is 18.8 Å². The lowest BCUT2D eigenvalue weighted by Gasteiger charge is -2.16. The van der Waals surface area contributed by atoms with Crippen LogP contribution >= 0.6 is 0 Å². The maximum Gasteiger partial charge on any atom is 0.131 e. The number of fused-ring (bicyclic) bond motifs is 5. The van der Waals surface area contributed by atoms with E-state index in [-0.39, 0.29) is 11.8 Å². The molecule has 0 saturated carbocycles. The molecule has 5 nitrogen and oxygen atoms in total. The quantitative estimate of drug-likeness (QED) is 0.643. The molecule has 0 bridgehead atoms. The van der Waals surface area contributed by atoms with Crippen molar-refractivity contribution in [2.45, 2.75) is 11.8 Å². The topological polar surface area (TPSA) is 67.9 Å². The average Bonchev–Trinajstić information content (AvgIpc) is 2.89. The Kier molecular flexibility index (Phi) is 2.60. The van der Waals surface area contributed by atoms with Crippen LogP contribution in [0.4, 0.5) is 5.69 Å². The third-order valence-electron chi connectivity index (χ3n) is 4.39. The smallest absolute Gasteiger partial charge is 0.131 e. The van der Waals surface area contributed by atoms with Crippen LogP contribution in [0.5, 0.6) is 11.5 Å². The normalized spacial score (nSPS) is 22.6. The maximum absolute atomic E-state index is 10.9. The fraction of sp³-hybridized carbons (Fsp3) is 0.250. The van der Waals surface area contributed by atoms with Gasteiger partial charge in [0.15, 0.2) is 0 Å². The molecule has 0 spiro atoms. The molecule has 0 radical (unpaired) electrons. The number of hydrogen-bond acceptors (Lipinski definition) is 4. The number of nitroso groups, excluding NO2 is 1. The highest BCUT2D eigenvalue weighted by Crippen LogP contribution is 2.50. The van der Waals surface area contributed by atoms with Gasteiger partial charge in [0.25, 0.3) is 0 Å². The van der Waals surface area contributed by atoms with Gasteiger partial charge in [-0.25, -0.2) is 0 Å². The van der Waals surface area contributed by atoms with Gasteiger partial charge < -0.3 is 10.5 Å². The van der Waals surface area contributed by atoms with Crippen LogP contribution in [0.2, 0.25) is 0 Å². The second-order valence-corrected chi connectivity index (χ2v) is 5.60. The van der Waals surface area contributed by atoms with Crippen LogP contribution < -0.4 is 10.5 Å². The third-order valence-corrected chi connectivity index (χ3v) is 4.39. The predicted molar refractivity (Wildman–Crippen MR) is 80.2 cm³/mol. The highest BCUT2D eigenvalue weighted by molar-refractivity contribution is 5.55. The molecule has 2 aliphatic heterocycles. The summed E-state index contributed by atoms with van der Waals surface area (Å²) in [6, 6.07) is 13.7. The minimum atomic E-state index is 0.171. The lowest BCUT2D eigenvalue weighted by molar-refractivity contribution is 0.344. The summed E-state index contributed by atoms with van der Waals surface area (Å²) in [5, 5.41) is 4.71. The molecule has 21 heavy (non-hydrogen) atoms. The van der Waals surface area contributed by atoms with Crippen LogP contribution in [0.15, 0.2) is 47.8 Å². The zero-order chi connectivity index (χ0) is 14.4. The van der Waals surface area contributed by atoms with Crippen LogP contribution in [0, 0.1) is 4.91 Å². The lowest BCUT2D eigenvalue weighted by Crippen LogP contribution is -2.12. The van der Waals surface area contributed by atoms with E-state index in [9.17, 15) is 4.91 Å². The summed E-state index contributed by atoms with van der Waals surface area (Å²) in [6.07, 6.45) is 0. The molecular weight excluding hydrogens is 266 g/mol. The van der Waals surface area contributed by atoms with Gasteiger partial charge in [0.05, 0.1) is 5.29 Å². The van der Waals surface area contributed by atoms with Crippen molar-refractivity contribution in [3.63, 3.8) is 0 Å². The van der Waals surface area contributed by atoms with Gasteiger partial charge in [-0.05, 0) is 24.3 Å². The minimum absolute atomic E-state index is 0.171. The molecule has 4 rings (SSSR count). The number of ether oxygens (including phenoxy) is 1. The van der Waals surface area contributed by atoms with Crippen LogP contribution in [-0.2, 0) is 0 Å². The lowest BCUT2D eigenvalue weighted by atomic mass is 9.84. The van der Waals surface area contributed by atoms with E-state index in [0.717, 1.165) is 22.6 Å². The molecule has 1 saturated heterocycles. The number of benzene rings is 2. The van der Waals surface area contributed by atoms with Crippen molar-refractivity contribution < 1.29 is 4.74 Å². The number of hydrogen-bond donors (Lipinski definition) is 1. The minimum Gasteiger partial charge on any atom is -0.457 e. The summed E-state index contributed by atoms with van der Waals surface area (Å²) in [7, 11) is 0. The van der Waals surface area contributed by atoms with Gasteiger partial charge in [-0.15, -0.1) is 4.91 Å². The Hall–Kier alpha value is -2.56. The van der Waals surface area contributed by atoms with Gasteiger partial charge in [0.2, 0.25) is 0 Å². The van der Waals surface area contributed by atoms with E-state index in [2.05, 4.69) is 11.4 Å². The van der Waals surface area contributed by atoms with Gasteiger partial charge in [-0.2, -0.15) is 0 Å². The second-order valence-electron chi connectivity index (χ2n) is 5.60. The fourth-order valence-corrected chi connectivity index (χ4v) is 3.43. The number of para-hydroxylation sites is 1. The fourth-order valence-electron chi connectivity index (χ4n) is 3.43. The number of nitrogens with two attached hydrogens (primary N) is 1. The molecule has 2 aromatic rings. The molecule has 2 aromatic carbocycles. The first-order valence-corrected chi connectivity index (χ1v) is 7.00. The Morgan fingerprint density at radius 2 is 1.76 bits per heavy atom. The van der Waals surface area contributed by atoms with Crippen molar-refractivity contribution in [1.29, 1.82) is 0 Å². The molecular formula is C16H15N3O2. The van der Waals surface area contributed by atoms with E-state index in [1.807, 2.05) is 36.4 Å². The largest absolute Gasteiger partial charge is 0.457 e. The Morgan fingerprint density at radius 1 is 1.05 bits per heavy atom. The Morgan fingerprint density at radius 3 is 2.57 bits per heavy atom. The Bertz CT molecular complexity index is 716. The molecule has 0 unspecified atom stereocenters. The van der Waals surface area contributed by atoms with E-state index in [1.165, 1.54) is 0 Å². The van der Waals surface area contributed by atoms with E-state index in [1.54, 1.807) is 5.01 Å². The molecule has 0 aliphatic carbocycles. The zero-order valence-electron chi connectivity index (χ0n) is 11.4. The van der Waals surface area contributed by atoms with Crippen molar-refractivity contribution >= 4 is 5.69 Å². The molecule has 2 heterocycles. The number of nitrogens with zero attached hydrogens (tertiary/aromatic N) is 2. The maximum atomic E-state index is 10.9. The van der Waals surface area contributed by atoms with Crippen molar-refractivity contribution in [3.8, 4) is 11.5 Å². The standard InChI is InChI=1S/C16H15N3O2/c17-10-5-6-16-12(7-10)14-9-19(18-20)8-13(14)11-3-1-2-4-15(11)21-16/h1-7,13-14H,8-9,17H2/t13-,14-/m1/s1. The Balaban J connectivity index is 1.91. The molecule has 2 N–H and O–H groups in total. The summed E-state index contributed by atoms with van der Waals surface area (Å²) in [5.41, 5.74) is 8.83. The van der Waals surface area contributed by atoms with Gasteiger partial charge in [0, 0.05) is 41.7 Å². The zero-order valence-corrected chi connectivity index (χ0v) is 11.4. The van der Waals surface area contributed by atoms with E-state index in [0.29, 0.717) is 18.8 Å². The summed E-state index contributed by atoms with van der Waals surface area (Å²) in [5.74, 6) is 2.03. The first kappa shape index (κ1) is 12.2. The SMILES string of the molecule is Nc1ccc2c(c1)[C@H]1CN(N=O)C[C@@H]1c1ccccc1O2. The molecule has 1 fully saturated rings. The highest BCUT2D eigenvalue weighted by atomic mass is 16.5. The van der Waals surface area contributed by atoms with Crippen LogP contribution in [0.1, 0.15) is 23.0 Å². The van der Waals surface area contributed by atoms with Gasteiger partial charge in [-0.3, -0.25) is 5.01 Å². The molecule has 0 aromatic heterocycles. The number of nitrogen functional groups attached to an aromatic ring is 1. The molecule has 106 valence electrons. The number of anilines is 1. The Labute approximate surface area is 122 Å². The average molecular weight is 281 g/mol. The summed E-state index contributed by atoms with van der Waals surface area (Å²) < 4.78 is 6.08. The van der Waals surface area contributed by atoms with E-state index < -0.39 is 0 Å². The van der Waals surface area contributed by atoms with Crippen molar-refractivity contribution in [1.82, 2.24) is 5.01 Å². The van der Waals surface area contributed by atoms with Crippen LogP contribution in [0.3, 0.4) is 0 Å². The monoisotopic (exact) mass is 281 g/mol. The van der Waals surface area contributed by atoms with Crippen LogP contribution in [0.25, 0.3) is 0 Å². The van der Waals surface area contributed by atoms with E-state index in [4.69, 9.17) is 10.5 Å². The van der Waals surface area contributed by atoms with Gasteiger partial charge in [-0.1, -0.05) is 18.2 Å². The van der Waals surface area contributed by atoms with E-state index >= 15 is 0 Å². The highest BCUT2D eigenvalue weighted by Gasteiger charge is 2.40. The first-order valence-electron chi connectivity index (χ1n) is 7.00. The third kappa shape index (κ3) is 1.85. The molecule has 5 heteroatoms. The molecule has 0 amide bonds. The second kappa shape index (κ2) is 4.48. The van der Waals surface area contributed by atoms with Crippen LogP contribution in [-0.4, -0.2) is 18.1 Å². The molecule has 2 atom stereocenters. The number of rotatable bonds is 1. The summed E-state index contributed by atoms with van der Waals surface area (Å²) in [4.78, 5) is 10.9.